The van der Waals surface area contributed by atoms with Crippen molar-refractivity contribution in [3.63, 3.8) is 0 Å². The highest BCUT2D eigenvalue weighted by Gasteiger charge is 2.39. The summed E-state index contributed by atoms with van der Waals surface area (Å²) < 4.78 is 34.2. The number of para-hydroxylation sites is 2. The summed E-state index contributed by atoms with van der Waals surface area (Å²) in [6.45, 7) is 4.77. The van der Waals surface area contributed by atoms with Crippen LogP contribution >= 0.6 is 0 Å². The van der Waals surface area contributed by atoms with Crippen LogP contribution in [0.4, 0.5) is 5.69 Å². The fourth-order valence-electron chi connectivity index (χ4n) is 5.36. The van der Waals surface area contributed by atoms with Crippen LogP contribution in [0.5, 0.6) is 5.75 Å². The molecule has 1 unspecified atom stereocenters. The Kier molecular flexibility index (Phi) is 8.23. The average Bonchev–Trinajstić information content (AvgIpc) is 2.98. The first-order valence-corrected chi connectivity index (χ1v) is 15.1. The first-order chi connectivity index (χ1) is 19.2. The van der Waals surface area contributed by atoms with Crippen molar-refractivity contribution in [2.24, 2.45) is 5.92 Å². The predicted molar refractivity (Wildman–Crippen MR) is 154 cm³/mol. The molecule has 0 bridgehead atoms. The topological polar surface area (TPSA) is 96.0 Å². The third-order valence-electron chi connectivity index (χ3n) is 7.65. The number of anilines is 1. The Hall–Kier alpha value is -3.69. The Morgan fingerprint density at radius 3 is 2.40 bits per heavy atom. The number of ether oxygens (including phenoxy) is 1. The van der Waals surface area contributed by atoms with Gasteiger partial charge in [0, 0.05) is 25.6 Å². The Morgan fingerprint density at radius 1 is 0.950 bits per heavy atom. The van der Waals surface area contributed by atoms with Gasteiger partial charge >= 0.3 is 0 Å². The van der Waals surface area contributed by atoms with Gasteiger partial charge in [0.2, 0.25) is 15.9 Å². The van der Waals surface area contributed by atoms with E-state index in [2.05, 4.69) is 5.32 Å². The number of hydrogen-bond donors (Lipinski definition) is 1. The minimum absolute atomic E-state index is 0.105. The molecule has 0 spiro atoms. The second kappa shape index (κ2) is 11.8. The molecule has 3 aromatic rings. The summed E-state index contributed by atoms with van der Waals surface area (Å²) in [5.74, 6) is -0.238. The molecule has 3 aromatic carbocycles. The molecule has 0 saturated carbocycles. The largest absolute Gasteiger partial charge is 0.477 e. The van der Waals surface area contributed by atoms with Crippen LogP contribution in [-0.4, -0.2) is 56.8 Å². The summed E-state index contributed by atoms with van der Waals surface area (Å²) in [5.41, 5.74) is 3.35. The first kappa shape index (κ1) is 27.9. The molecule has 1 atom stereocenters. The Bertz CT molecular complexity index is 1480. The zero-order chi connectivity index (χ0) is 28.3. The van der Waals surface area contributed by atoms with Crippen molar-refractivity contribution >= 4 is 27.5 Å². The summed E-state index contributed by atoms with van der Waals surface area (Å²) in [4.78, 5) is 28.8. The average molecular weight is 562 g/mol. The summed E-state index contributed by atoms with van der Waals surface area (Å²) in [7, 11) is -3.65. The maximum absolute atomic E-state index is 13.8. The first-order valence-electron chi connectivity index (χ1n) is 13.7. The molecule has 1 saturated heterocycles. The van der Waals surface area contributed by atoms with Crippen LogP contribution in [0, 0.1) is 19.8 Å². The van der Waals surface area contributed by atoms with E-state index >= 15 is 0 Å². The van der Waals surface area contributed by atoms with Gasteiger partial charge in [-0.1, -0.05) is 54.6 Å². The number of amides is 2. The van der Waals surface area contributed by atoms with Gasteiger partial charge in [-0.3, -0.25) is 9.59 Å². The molecule has 2 heterocycles. The lowest BCUT2D eigenvalue weighted by Crippen LogP contribution is -2.53. The Morgan fingerprint density at radius 2 is 1.65 bits per heavy atom. The lowest BCUT2D eigenvalue weighted by Gasteiger charge is -2.38. The minimum Gasteiger partial charge on any atom is -0.477 e. The number of sulfonamides is 1. The number of fused-ring (bicyclic) bond motifs is 1. The zero-order valence-corrected chi connectivity index (χ0v) is 23.7. The van der Waals surface area contributed by atoms with Crippen LogP contribution in [0.2, 0.25) is 0 Å². The van der Waals surface area contributed by atoms with E-state index < -0.39 is 16.1 Å². The minimum atomic E-state index is -3.65. The van der Waals surface area contributed by atoms with E-state index in [4.69, 9.17) is 4.74 Å². The SMILES string of the molecule is Cc1ccc(C)c(S(=O)(=O)N2CCC(C(=O)N3CC(C(=O)NCCc4ccccc4)Oc4ccccc43)CC2)c1. The van der Waals surface area contributed by atoms with Crippen molar-refractivity contribution in [1.82, 2.24) is 9.62 Å². The van der Waals surface area contributed by atoms with Crippen LogP contribution in [-0.2, 0) is 26.0 Å². The summed E-state index contributed by atoms with van der Waals surface area (Å²) in [6, 6.07) is 22.6. The van der Waals surface area contributed by atoms with E-state index in [9.17, 15) is 18.0 Å². The monoisotopic (exact) mass is 561 g/mol. The van der Waals surface area contributed by atoms with Gasteiger partial charge in [-0.05, 0) is 68.0 Å². The van der Waals surface area contributed by atoms with Crippen LogP contribution in [0.1, 0.15) is 29.5 Å². The molecule has 1 fully saturated rings. The van der Waals surface area contributed by atoms with Crippen molar-refractivity contribution < 1.29 is 22.7 Å². The third kappa shape index (κ3) is 5.90. The normalized spacial score (nSPS) is 18.1. The van der Waals surface area contributed by atoms with E-state index in [0.29, 0.717) is 47.7 Å². The van der Waals surface area contributed by atoms with Gasteiger partial charge in [-0.25, -0.2) is 8.42 Å². The van der Waals surface area contributed by atoms with Crippen LogP contribution in [0.3, 0.4) is 0 Å². The molecule has 1 N–H and O–H groups in total. The van der Waals surface area contributed by atoms with Crippen LogP contribution in [0.15, 0.2) is 77.7 Å². The second-order valence-corrected chi connectivity index (χ2v) is 12.4. The smallest absolute Gasteiger partial charge is 0.262 e. The highest BCUT2D eigenvalue weighted by Crippen LogP contribution is 2.36. The molecule has 40 heavy (non-hydrogen) atoms. The standard InChI is InChI=1S/C31H35N3O5S/c1-22-12-13-23(2)29(20-22)40(37,38)33-18-15-25(16-19-33)31(36)34-21-28(39-27-11-7-6-10-26(27)34)30(35)32-17-14-24-8-4-3-5-9-24/h3-13,20,25,28H,14-19,21H2,1-2H3,(H,32,35). The van der Waals surface area contributed by atoms with Crippen LogP contribution in [0.25, 0.3) is 0 Å². The van der Waals surface area contributed by atoms with E-state index in [1.807, 2.05) is 67.6 Å². The van der Waals surface area contributed by atoms with Crippen molar-refractivity contribution in [3.8, 4) is 5.75 Å². The number of nitrogens with zero attached hydrogens (tertiary/aromatic N) is 2. The highest BCUT2D eigenvalue weighted by molar-refractivity contribution is 7.89. The van der Waals surface area contributed by atoms with Crippen molar-refractivity contribution in [1.29, 1.82) is 0 Å². The summed E-state index contributed by atoms with van der Waals surface area (Å²) >= 11 is 0. The van der Waals surface area contributed by atoms with E-state index in [1.165, 1.54) is 4.31 Å². The number of aryl methyl sites for hydroxylation is 2. The van der Waals surface area contributed by atoms with Crippen LogP contribution < -0.4 is 15.0 Å². The molecule has 2 amide bonds. The van der Waals surface area contributed by atoms with Gasteiger partial charge < -0.3 is 15.0 Å². The molecular formula is C31H35N3O5S. The molecule has 2 aliphatic heterocycles. The number of carbonyl (C=O) groups is 2. The molecule has 8 nitrogen and oxygen atoms in total. The summed E-state index contributed by atoms with van der Waals surface area (Å²) in [6.07, 6.45) is 0.689. The lowest BCUT2D eigenvalue weighted by molar-refractivity contribution is -0.129. The van der Waals surface area contributed by atoms with Crippen molar-refractivity contribution in [2.45, 2.75) is 44.1 Å². The maximum atomic E-state index is 13.8. The zero-order valence-electron chi connectivity index (χ0n) is 22.9. The molecule has 210 valence electrons. The Balaban J connectivity index is 1.25. The maximum Gasteiger partial charge on any atom is 0.262 e. The molecule has 5 rings (SSSR count). The fourth-order valence-corrected chi connectivity index (χ4v) is 7.14. The van der Waals surface area contributed by atoms with E-state index in [-0.39, 0.29) is 37.4 Å². The van der Waals surface area contributed by atoms with Crippen molar-refractivity contribution in [2.75, 3.05) is 31.1 Å². The molecular weight excluding hydrogens is 526 g/mol. The van der Waals surface area contributed by atoms with Gasteiger partial charge in [0.15, 0.2) is 6.10 Å². The quantitative estimate of drug-likeness (QED) is 0.473. The van der Waals surface area contributed by atoms with Gasteiger partial charge in [0.25, 0.3) is 5.91 Å². The van der Waals surface area contributed by atoms with Crippen molar-refractivity contribution in [3.05, 3.63) is 89.5 Å². The molecule has 0 aromatic heterocycles. The molecule has 0 aliphatic carbocycles. The second-order valence-electron chi connectivity index (χ2n) is 10.5. The molecule has 9 heteroatoms. The number of piperidine rings is 1. The summed E-state index contributed by atoms with van der Waals surface area (Å²) in [5, 5.41) is 2.94. The Labute approximate surface area is 236 Å². The van der Waals surface area contributed by atoms with Gasteiger partial charge in [-0.2, -0.15) is 4.31 Å². The van der Waals surface area contributed by atoms with Gasteiger partial charge in [-0.15, -0.1) is 0 Å². The number of carbonyl (C=O) groups excluding carboxylic acids is 2. The van der Waals surface area contributed by atoms with E-state index in [0.717, 1.165) is 11.1 Å². The predicted octanol–water partition coefficient (Wildman–Crippen LogP) is 3.86. The number of rotatable bonds is 7. The number of hydrogen-bond acceptors (Lipinski definition) is 5. The number of nitrogens with one attached hydrogen (secondary N) is 1. The molecule has 2 aliphatic rings. The number of benzene rings is 3. The third-order valence-corrected chi connectivity index (χ3v) is 9.69. The van der Waals surface area contributed by atoms with Gasteiger partial charge in [0.1, 0.15) is 5.75 Å². The molecule has 0 radical (unpaired) electrons. The highest BCUT2D eigenvalue weighted by atomic mass is 32.2. The van der Waals surface area contributed by atoms with Gasteiger partial charge in [0.05, 0.1) is 17.1 Å². The van der Waals surface area contributed by atoms with E-state index in [1.54, 1.807) is 24.0 Å². The lowest BCUT2D eigenvalue weighted by atomic mass is 9.95. The fraction of sp³-hybridized carbons (Fsp3) is 0.355.